The summed E-state index contributed by atoms with van der Waals surface area (Å²) in [7, 11) is 1.24. The molecule has 2 aromatic heterocycles. The lowest BCUT2D eigenvalue weighted by Crippen LogP contribution is -2.30. The van der Waals surface area contributed by atoms with Crippen molar-refractivity contribution < 1.29 is 23.5 Å². The van der Waals surface area contributed by atoms with Crippen molar-refractivity contribution in [2.75, 3.05) is 7.11 Å². The van der Waals surface area contributed by atoms with Gasteiger partial charge in [0.1, 0.15) is 11.5 Å². The number of imide groups is 1. The van der Waals surface area contributed by atoms with Gasteiger partial charge in [-0.05, 0) is 55.8 Å². The maximum absolute atomic E-state index is 12.8. The molecule has 1 aliphatic rings. The lowest BCUT2D eigenvalue weighted by atomic mass is 10.2. The highest BCUT2D eigenvalue weighted by molar-refractivity contribution is 6.13. The van der Waals surface area contributed by atoms with Crippen LogP contribution < -0.4 is 5.32 Å². The Morgan fingerprint density at radius 3 is 2.58 bits per heavy atom. The Hall–Kier alpha value is -4.07. The Bertz CT molecular complexity index is 1200. The minimum absolute atomic E-state index is 0.00803. The number of para-hydroxylation sites is 1. The van der Waals surface area contributed by atoms with Gasteiger partial charge in [0, 0.05) is 17.1 Å². The smallest absolute Gasteiger partial charge is 0.373 e. The van der Waals surface area contributed by atoms with Gasteiger partial charge < -0.3 is 19.0 Å². The molecular weight excluding hydrogens is 398 g/mol. The molecule has 0 radical (unpaired) electrons. The molecule has 158 valence electrons. The summed E-state index contributed by atoms with van der Waals surface area (Å²) in [5.41, 5.74) is 3.99. The molecule has 0 aliphatic carbocycles. The van der Waals surface area contributed by atoms with E-state index in [1.807, 2.05) is 50.2 Å². The molecule has 4 rings (SSSR count). The summed E-state index contributed by atoms with van der Waals surface area (Å²) in [6.45, 7) is 3.85. The van der Waals surface area contributed by atoms with Gasteiger partial charge >= 0.3 is 12.0 Å². The van der Waals surface area contributed by atoms with Crippen molar-refractivity contribution in [3.05, 3.63) is 82.7 Å². The van der Waals surface area contributed by atoms with Crippen LogP contribution in [-0.2, 0) is 16.1 Å². The molecule has 0 unspecified atom stereocenters. The molecule has 3 heterocycles. The molecule has 1 fully saturated rings. The van der Waals surface area contributed by atoms with E-state index in [-0.39, 0.29) is 18.0 Å². The van der Waals surface area contributed by atoms with Crippen LogP contribution in [0.4, 0.5) is 4.79 Å². The van der Waals surface area contributed by atoms with E-state index in [0.29, 0.717) is 5.76 Å². The summed E-state index contributed by atoms with van der Waals surface area (Å²) in [6, 6.07) is 14.3. The highest BCUT2D eigenvalue weighted by Crippen LogP contribution is 2.24. The first kappa shape index (κ1) is 20.2. The maximum atomic E-state index is 12.8. The second kappa shape index (κ2) is 7.98. The first-order valence-electron chi connectivity index (χ1n) is 9.65. The number of hydrogen-bond donors (Lipinski definition) is 1. The summed E-state index contributed by atoms with van der Waals surface area (Å²) in [4.78, 5) is 37.8. The fourth-order valence-corrected chi connectivity index (χ4v) is 3.61. The molecule has 0 atom stereocenters. The minimum atomic E-state index is -0.627. The highest BCUT2D eigenvalue weighted by Gasteiger charge is 2.34. The molecule has 1 aromatic carbocycles. The normalized spacial score (nSPS) is 14.9. The van der Waals surface area contributed by atoms with Gasteiger partial charge in [0.05, 0.1) is 13.7 Å². The van der Waals surface area contributed by atoms with Crippen LogP contribution in [0.5, 0.6) is 0 Å². The number of nitrogens with zero attached hydrogens (tertiary/aromatic N) is 2. The van der Waals surface area contributed by atoms with Crippen LogP contribution in [0, 0.1) is 13.8 Å². The number of amides is 3. The van der Waals surface area contributed by atoms with Gasteiger partial charge in [0.25, 0.3) is 5.91 Å². The molecule has 0 saturated carbocycles. The summed E-state index contributed by atoms with van der Waals surface area (Å²) < 4.78 is 12.0. The second-order valence-corrected chi connectivity index (χ2v) is 7.13. The summed E-state index contributed by atoms with van der Waals surface area (Å²) in [5, 5.41) is 2.61. The Kier molecular flexibility index (Phi) is 5.21. The molecule has 8 nitrogen and oxygen atoms in total. The zero-order valence-electron chi connectivity index (χ0n) is 17.3. The van der Waals surface area contributed by atoms with E-state index in [4.69, 9.17) is 4.42 Å². The number of rotatable bonds is 5. The molecule has 1 N–H and O–H groups in total. The predicted octanol–water partition coefficient (Wildman–Crippen LogP) is 3.57. The average Bonchev–Trinajstić information content (AvgIpc) is 3.42. The third kappa shape index (κ3) is 3.75. The number of methoxy groups -OCH3 is 1. The quantitative estimate of drug-likeness (QED) is 0.388. The van der Waals surface area contributed by atoms with Crippen LogP contribution in [0.25, 0.3) is 11.8 Å². The van der Waals surface area contributed by atoms with E-state index < -0.39 is 17.9 Å². The van der Waals surface area contributed by atoms with Crippen molar-refractivity contribution in [3.8, 4) is 5.69 Å². The summed E-state index contributed by atoms with van der Waals surface area (Å²) >= 11 is 0. The second-order valence-electron chi connectivity index (χ2n) is 7.13. The maximum Gasteiger partial charge on any atom is 0.373 e. The van der Waals surface area contributed by atoms with Gasteiger partial charge in [-0.1, -0.05) is 18.2 Å². The molecule has 31 heavy (non-hydrogen) atoms. The molecule has 0 spiro atoms. The fraction of sp³-hybridized carbons (Fsp3) is 0.174. The van der Waals surface area contributed by atoms with E-state index in [1.165, 1.54) is 19.2 Å². The molecule has 1 aliphatic heterocycles. The zero-order chi connectivity index (χ0) is 22.1. The Labute approximate surface area is 178 Å². The standard InChI is InChI=1S/C23H21N3O5/c1-14-11-16(15(2)26(14)17-7-5-4-6-8-17)12-19-21(27)25(23(29)24-19)13-18-9-10-20(31-18)22(28)30-3/h4-12H,13H2,1-3H3,(H,24,29)/b19-12-. The zero-order valence-corrected chi connectivity index (χ0v) is 17.3. The molecule has 8 heteroatoms. The number of aryl methyl sites for hydroxylation is 1. The molecular formula is C23H21N3O5. The fourth-order valence-electron chi connectivity index (χ4n) is 3.61. The average molecular weight is 419 g/mol. The van der Waals surface area contributed by atoms with Crippen molar-refractivity contribution in [1.82, 2.24) is 14.8 Å². The minimum Gasteiger partial charge on any atom is -0.463 e. The van der Waals surface area contributed by atoms with Crippen LogP contribution in [0.1, 0.15) is 33.3 Å². The van der Waals surface area contributed by atoms with Crippen molar-refractivity contribution in [2.24, 2.45) is 0 Å². The van der Waals surface area contributed by atoms with Gasteiger partial charge in [-0.25, -0.2) is 9.59 Å². The number of esters is 1. The number of furan rings is 1. The largest absolute Gasteiger partial charge is 0.463 e. The number of urea groups is 1. The number of ether oxygens (including phenoxy) is 1. The third-order valence-electron chi connectivity index (χ3n) is 5.11. The third-order valence-corrected chi connectivity index (χ3v) is 5.11. The van der Waals surface area contributed by atoms with Gasteiger partial charge in [-0.3, -0.25) is 9.69 Å². The van der Waals surface area contributed by atoms with Gasteiger partial charge in [0.15, 0.2) is 0 Å². The highest BCUT2D eigenvalue weighted by atomic mass is 16.5. The van der Waals surface area contributed by atoms with Crippen LogP contribution in [0.2, 0.25) is 0 Å². The van der Waals surface area contributed by atoms with Crippen LogP contribution >= 0.6 is 0 Å². The predicted molar refractivity (Wildman–Crippen MR) is 112 cm³/mol. The van der Waals surface area contributed by atoms with E-state index in [9.17, 15) is 14.4 Å². The number of benzene rings is 1. The molecule has 3 amide bonds. The monoisotopic (exact) mass is 419 g/mol. The van der Waals surface area contributed by atoms with E-state index >= 15 is 0 Å². The Morgan fingerprint density at radius 1 is 1.13 bits per heavy atom. The van der Waals surface area contributed by atoms with Crippen LogP contribution in [-0.4, -0.2) is 34.5 Å². The van der Waals surface area contributed by atoms with Gasteiger partial charge in [-0.2, -0.15) is 0 Å². The number of carbonyl (C=O) groups is 3. The number of carbonyl (C=O) groups excluding carboxylic acids is 3. The van der Waals surface area contributed by atoms with Crippen molar-refractivity contribution >= 4 is 24.0 Å². The number of aromatic nitrogens is 1. The topological polar surface area (TPSA) is 93.8 Å². The SMILES string of the molecule is COC(=O)c1ccc(CN2C(=O)N/C(=C\c3cc(C)n(-c4ccccc4)c3C)C2=O)o1. The lowest BCUT2D eigenvalue weighted by molar-refractivity contribution is -0.123. The van der Waals surface area contributed by atoms with Crippen molar-refractivity contribution in [1.29, 1.82) is 0 Å². The van der Waals surface area contributed by atoms with E-state index in [0.717, 1.165) is 27.5 Å². The Balaban J connectivity index is 1.58. The van der Waals surface area contributed by atoms with Gasteiger partial charge in [-0.15, -0.1) is 0 Å². The summed E-state index contributed by atoms with van der Waals surface area (Å²) in [6.07, 6.45) is 1.67. The molecule has 3 aromatic rings. The Morgan fingerprint density at radius 2 is 1.87 bits per heavy atom. The first-order valence-corrected chi connectivity index (χ1v) is 9.65. The van der Waals surface area contributed by atoms with Gasteiger partial charge in [0.2, 0.25) is 5.76 Å². The lowest BCUT2D eigenvalue weighted by Gasteiger charge is -2.09. The van der Waals surface area contributed by atoms with Crippen molar-refractivity contribution in [2.45, 2.75) is 20.4 Å². The van der Waals surface area contributed by atoms with Crippen molar-refractivity contribution in [3.63, 3.8) is 0 Å². The molecule has 0 bridgehead atoms. The van der Waals surface area contributed by atoms with Crippen LogP contribution in [0.3, 0.4) is 0 Å². The number of nitrogens with one attached hydrogen (secondary N) is 1. The number of hydrogen-bond acceptors (Lipinski definition) is 5. The summed E-state index contributed by atoms with van der Waals surface area (Å²) in [5.74, 6) is -0.788. The molecule has 1 saturated heterocycles. The van der Waals surface area contributed by atoms with E-state index in [2.05, 4.69) is 14.6 Å². The van der Waals surface area contributed by atoms with E-state index in [1.54, 1.807) is 6.08 Å². The first-order chi connectivity index (χ1) is 14.9. The van der Waals surface area contributed by atoms with Crippen LogP contribution in [0.15, 0.2) is 58.6 Å².